The smallest absolute Gasteiger partial charge is 0.201 e. The van der Waals surface area contributed by atoms with Crippen molar-refractivity contribution in [3.05, 3.63) is 35.9 Å². The van der Waals surface area contributed by atoms with E-state index in [2.05, 4.69) is 29.0 Å². The Kier molecular flexibility index (Phi) is 5.95. The predicted octanol–water partition coefficient (Wildman–Crippen LogP) is 3.60. The third-order valence-electron chi connectivity index (χ3n) is 5.69. The molecule has 1 saturated heterocycles. The number of nitrogens with one attached hydrogen (secondary N) is 1. The van der Waals surface area contributed by atoms with Gasteiger partial charge in [0.15, 0.2) is 0 Å². The van der Waals surface area contributed by atoms with E-state index in [9.17, 15) is 8.42 Å². The van der Waals surface area contributed by atoms with Gasteiger partial charge in [0.25, 0.3) is 10.2 Å². The van der Waals surface area contributed by atoms with Crippen LogP contribution >= 0.6 is 0 Å². The zero-order chi connectivity index (χ0) is 16.9. The maximum Gasteiger partial charge on any atom is 0.279 e. The van der Waals surface area contributed by atoms with Crippen molar-refractivity contribution in [1.82, 2.24) is 9.03 Å². The highest BCUT2D eigenvalue weighted by Crippen LogP contribution is 2.39. The number of benzene rings is 1. The lowest BCUT2D eigenvalue weighted by Gasteiger charge is -2.38. The van der Waals surface area contributed by atoms with Crippen molar-refractivity contribution in [2.45, 2.75) is 63.2 Å². The van der Waals surface area contributed by atoms with Crippen molar-refractivity contribution in [2.24, 2.45) is 0 Å². The molecule has 0 atom stereocenters. The van der Waals surface area contributed by atoms with Gasteiger partial charge in [-0.2, -0.15) is 12.7 Å². The first-order chi connectivity index (χ1) is 11.6. The highest BCUT2D eigenvalue weighted by atomic mass is 32.2. The molecule has 24 heavy (non-hydrogen) atoms. The minimum Gasteiger partial charge on any atom is -0.201 e. The molecule has 0 spiro atoms. The zero-order valence-electron chi connectivity index (χ0n) is 14.5. The molecule has 4 nitrogen and oxygen atoms in total. The maximum absolute atomic E-state index is 12.8. The van der Waals surface area contributed by atoms with Crippen LogP contribution in [-0.4, -0.2) is 32.4 Å². The van der Waals surface area contributed by atoms with E-state index in [-0.39, 0.29) is 5.41 Å². The summed E-state index contributed by atoms with van der Waals surface area (Å²) in [4.78, 5) is 0. The fraction of sp³-hybridized carbons (Fsp3) is 0.684. The fourth-order valence-electron chi connectivity index (χ4n) is 4.19. The highest BCUT2D eigenvalue weighted by molar-refractivity contribution is 7.87. The molecule has 5 heteroatoms. The summed E-state index contributed by atoms with van der Waals surface area (Å²) >= 11 is 0. The van der Waals surface area contributed by atoms with Gasteiger partial charge in [-0.05, 0) is 31.2 Å². The Labute approximate surface area is 146 Å². The molecule has 0 unspecified atom stereocenters. The topological polar surface area (TPSA) is 49.4 Å². The monoisotopic (exact) mass is 350 g/mol. The van der Waals surface area contributed by atoms with E-state index in [1.54, 1.807) is 4.31 Å². The van der Waals surface area contributed by atoms with E-state index in [0.717, 1.165) is 38.5 Å². The van der Waals surface area contributed by atoms with Gasteiger partial charge in [0.2, 0.25) is 0 Å². The standard InChI is InChI=1S/C19H30N2O2S/c22-24(23,21-15-9-1-2-10-16-21)20-17-19(13-7-4-8-14-19)18-11-5-3-6-12-18/h3,5-6,11-12,20H,1-2,4,7-10,13-17H2. The minimum atomic E-state index is -3.37. The Balaban J connectivity index is 1.73. The number of nitrogens with zero attached hydrogens (tertiary/aromatic N) is 1. The second-order valence-corrected chi connectivity index (χ2v) is 9.10. The summed E-state index contributed by atoms with van der Waals surface area (Å²) in [5.74, 6) is 0. The van der Waals surface area contributed by atoms with E-state index in [1.165, 1.54) is 24.8 Å². The Morgan fingerprint density at radius 1 is 0.875 bits per heavy atom. The molecule has 134 valence electrons. The van der Waals surface area contributed by atoms with Crippen molar-refractivity contribution in [2.75, 3.05) is 19.6 Å². The second-order valence-electron chi connectivity index (χ2n) is 7.35. The predicted molar refractivity (Wildman–Crippen MR) is 98.2 cm³/mol. The van der Waals surface area contributed by atoms with Gasteiger partial charge in [0.1, 0.15) is 0 Å². The quantitative estimate of drug-likeness (QED) is 0.882. The van der Waals surface area contributed by atoms with Crippen LogP contribution in [0.3, 0.4) is 0 Å². The summed E-state index contributed by atoms with van der Waals surface area (Å²) in [5, 5.41) is 0. The Bertz CT molecular complexity index is 602. The highest BCUT2D eigenvalue weighted by Gasteiger charge is 2.35. The summed E-state index contributed by atoms with van der Waals surface area (Å²) in [6, 6.07) is 10.5. The van der Waals surface area contributed by atoms with Gasteiger partial charge in [0, 0.05) is 25.0 Å². The van der Waals surface area contributed by atoms with Crippen molar-refractivity contribution in [3.63, 3.8) is 0 Å². The lowest BCUT2D eigenvalue weighted by Crippen LogP contribution is -2.47. The van der Waals surface area contributed by atoms with Gasteiger partial charge >= 0.3 is 0 Å². The average molecular weight is 351 g/mol. The molecule has 0 aromatic heterocycles. The number of rotatable bonds is 5. The van der Waals surface area contributed by atoms with E-state index in [1.807, 2.05) is 6.07 Å². The van der Waals surface area contributed by atoms with E-state index >= 15 is 0 Å². The van der Waals surface area contributed by atoms with Crippen LogP contribution < -0.4 is 4.72 Å². The van der Waals surface area contributed by atoms with Crippen molar-refractivity contribution in [1.29, 1.82) is 0 Å². The molecule has 1 N–H and O–H groups in total. The van der Waals surface area contributed by atoms with Gasteiger partial charge in [-0.3, -0.25) is 0 Å². The Morgan fingerprint density at radius 2 is 1.46 bits per heavy atom. The third-order valence-corrected chi connectivity index (χ3v) is 7.25. The summed E-state index contributed by atoms with van der Waals surface area (Å²) < 4.78 is 30.2. The molecular formula is C19H30N2O2S. The SMILES string of the molecule is O=S(=O)(NCC1(c2ccccc2)CCCCC1)N1CCCCCC1. The molecule has 1 heterocycles. The minimum absolute atomic E-state index is 0.0432. The molecule has 2 fully saturated rings. The molecule has 1 saturated carbocycles. The summed E-state index contributed by atoms with van der Waals surface area (Å²) in [6.45, 7) is 1.84. The van der Waals surface area contributed by atoms with Crippen molar-refractivity contribution < 1.29 is 8.42 Å². The average Bonchev–Trinajstić information content (AvgIpc) is 2.92. The molecule has 1 aliphatic carbocycles. The summed E-state index contributed by atoms with van der Waals surface area (Å²) in [6.07, 6.45) is 9.99. The Hall–Kier alpha value is -0.910. The molecule has 2 aliphatic rings. The van der Waals surface area contributed by atoms with E-state index in [4.69, 9.17) is 0 Å². The van der Waals surface area contributed by atoms with Crippen LogP contribution in [0, 0.1) is 0 Å². The summed E-state index contributed by atoms with van der Waals surface area (Å²) in [7, 11) is -3.37. The number of hydrogen-bond donors (Lipinski definition) is 1. The zero-order valence-corrected chi connectivity index (χ0v) is 15.4. The molecule has 0 amide bonds. The van der Waals surface area contributed by atoms with Crippen LogP contribution in [0.1, 0.15) is 63.4 Å². The van der Waals surface area contributed by atoms with Gasteiger partial charge in [0.05, 0.1) is 0 Å². The first kappa shape index (κ1) is 17.9. The van der Waals surface area contributed by atoms with E-state index in [0.29, 0.717) is 19.6 Å². The number of hydrogen-bond acceptors (Lipinski definition) is 2. The fourth-order valence-corrected chi connectivity index (χ4v) is 5.57. The molecule has 1 aliphatic heterocycles. The van der Waals surface area contributed by atoms with E-state index < -0.39 is 10.2 Å². The molecular weight excluding hydrogens is 320 g/mol. The van der Waals surface area contributed by atoms with Crippen LogP contribution in [0.25, 0.3) is 0 Å². The van der Waals surface area contributed by atoms with Crippen molar-refractivity contribution in [3.8, 4) is 0 Å². The van der Waals surface area contributed by atoms with Crippen LogP contribution in [0.15, 0.2) is 30.3 Å². The lowest BCUT2D eigenvalue weighted by atomic mass is 9.69. The molecule has 1 aromatic rings. The summed E-state index contributed by atoms with van der Waals surface area (Å²) in [5.41, 5.74) is 1.24. The van der Waals surface area contributed by atoms with Gasteiger partial charge in [-0.15, -0.1) is 0 Å². The lowest BCUT2D eigenvalue weighted by molar-refractivity contribution is 0.289. The largest absolute Gasteiger partial charge is 0.279 e. The molecule has 3 rings (SSSR count). The molecule has 1 aromatic carbocycles. The third kappa shape index (κ3) is 4.19. The van der Waals surface area contributed by atoms with Crippen molar-refractivity contribution >= 4 is 10.2 Å². The first-order valence-corrected chi connectivity index (χ1v) is 10.9. The molecule has 0 bridgehead atoms. The molecule has 0 radical (unpaired) electrons. The van der Waals surface area contributed by atoms with Crippen LogP contribution in [0.2, 0.25) is 0 Å². The maximum atomic E-state index is 12.8. The van der Waals surface area contributed by atoms with Gasteiger partial charge < -0.3 is 0 Å². The first-order valence-electron chi connectivity index (χ1n) is 9.43. The van der Waals surface area contributed by atoms with Crippen LogP contribution in [-0.2, 0) is 15.6 Å². The van der Waals surface area contributed by atoms with Gasteiger partial charge in [-0.1, -0.05) is 62.4 Å². The Morgan fingerprint density at radius 3 is 2.08 bits per heavy atom. The van der Waals surface area contributed by atoms with Gasteiger partial charge in [-0.25, -0.2) is 4.72 Å². The van der Waals surface area contributed by atoms with Crippen LogP contribution in [0.4, 0.5) is 0 Å². The normalized spacial score (nSPS) is 22.8. The van der Waals surface area contributed by atoms with Crippen LogP contribution in [0.5, 0.6) is 0 Å². The second kappa shape index (κ2) is 7.98.